The number of aryl methyl sites for hydroxylation is 1. The Balaban J connectivity index is 2.22. The van der Waals surface area contributed by atoms with Crippen molar-refractivity contribution in [3.05, 3.63) is 41.8 Å². The van der Waals surface area contributed by atoms with E-state index in [0.29, 0.717) is 23.9 Å². The zero-order chi connectivity index (χ0) is 15.8. The Labute approximate surface area is 131 Å². The molecule has 1 N–H and O–H groups in total. The minimum Gasteiger partial charge on any atom is -0.440 e. The minimum atomic E-state index is -0.134. The monoisotopic (exact) mass is 300 g/mol. The first-order chi connectivity index (χ1) is 10.8. The van der Waals surface area contributed by atoms with Gasteiger partial charge in [-0.1, -0.05) is 44.9 Å². The summed E-state index contributed by atoms with van der Waals surface area (Å²) in [6, 6.07) is 9.70. The van der Waals surface area contributed by atoms with E-state index in [1.165, 1.54) is 0 Å². The van der Waals surface area contributed by atoms with Crippen molar-refractivity contribution in [2.45, 2.75) is 46.0 Å². The summed E-state index contributed by atoms with van der Waals surface area (Å²) < 4.78 is 5.86. The van der Waals surface area contributed by atoms with E-state index >= 15 is 0 Å². The largest absolute Gasteiger partial charge is 0.440 e. The Kier molecular flexibility index (Phi) is 6.19. The van der Waals surface area contributed by atoms with E-state index in [0.717, 1.165) is 37.7 Å². The zero-order valence-electron chi connectivity index (χ0n) is 13.4. The molecule has 1 aromatic carbocycles. The van der Waals surface area contributed by atoms with E-state index in [1.54, 1.807) is 0 Å². The molecule has 0 aliphatic carbocycles. The smallest absolute Gasteiger partial charge is 0.273 e. The fourth-order valence-electron chi connectivity index (χ4n) is 2.20. The van der Waals surface area contributed by atoms with E-state index in [2.05, 4.69) is 24.1 Å². The summed E-state index contributed by atoms with van der Waals surface area (Å²) in [7, 11) is 0. The van der Waals surface area contributed by atoms with Gasteiger partial charge in [0.25, 0.3) is 5.91 Å². The lowest BCUT2D eigenvalue weighted by Gasteiger charge is -2.02. The third kappa shape index (κ3) is 4.20. The minimum absolute atomic E-state index is 0.134. The summed E-state index contributed by atoms with van der Waals surface area (Å²) in [5.41, 5.74) is 1.33. The Bertz CT molecular complexity index is 590. The molecule has 0 radical (unpaired) electrons. The molecule has 0 saturated carbocycles. The van der Waals surface area contributed by atoms with Crippen molar-refractivity contribution in [3.8, 4) is 11.5 Å². The van der Waals surface area contributed by atoms with Crippen LogP contribution < -0.4 is 5.32 Å². The molecule has 0 aliphatic heterocycles. The van der Waals surface area contributed by atoms with Crippen molar-refractivity contribution in [3.63, 3.8) is 0 Å². The number of nitrogens with zero attached hydrogens (tertiary/aromatic N) is 1. The second-order valence-corrected chi connectivity index (χ2v) is 5.37. The predicted molar refractivity (Wildman–Crippen MR) is 87.8 cm³/mol. The van der Waals surface area contributed by atoms with E-state index in [-0.39, 0.29) is 5.91 Å². The van der Waals surface area contributed by atoms with Gasteiger partial charge in [-0.3, -0.25) is 4.79 Å². The summed E-state index contributed by atoms with van der Waals surface area (Å²) in [6.07, 6.45) is 4.81. The molecule has 2 rings (SSSR count). The molecule has 0 aliphatic rings. The topological polar surface area (TPSA) is 55.1 Å². The van der Waals surface area contributed by atoms with E-state index < -0.39 is 0 Å². The summed E-state index contributed by atoms with van der Waals surface area (Å²) in [4.78, 5) is 16.7. The molecule has 0 bridgehead atoms. The van der Waals surface area contributed by atoms with Crippen molar-refractivity contribution in [2.75, 3.05) is 6.54 Å². The molecule has 0 atom stereocenters. The molecule has 0 fully saturated rings. The summed E-state index contributed by atoms with van der Waals surface area (Å²) >= 11 is 0. The van der Waals surface area contributed by atoms with Crippen LogP contribution in [0.2, 0.25) is 0 Å². The molecule has 22 heavy (non-hydrogen) atoms. The van der Waals surface area contributed by atoms with Gasteiger partial charge in [0.2, 0.25) is 5.89 Å². The SMILES string of the molecule is CCCCNC(=O)c1nc(-c2ccccc2)oc1CCCC. The molecule has 4 nitrogen and oxygen atoms in total. The van der Waals surface area contributed by atoms with Gasteiger partial charge < -0.3 is 9.73 Å². The van der Waals surface area contributed by atoms with Crippen LogP contribution >= 0.6 is 0 Å². The second kappa shape index (κ2) is 8.37. The van der Waals surface area contributed by atoms with Crippen LogP contribution in [0.15, 0.2) is 34.7 Å². The second-order valence-electron chi connectivity index (χ2n) is 5.37. The molecule has 2 aromatic rings. The van der Waals surface area contributed by atoms with Crippen LogP contribution in [0.5, 0.6) is 0 Å². The van der Waals surface area contributed by atoms with Gasteiger partial charge in [-0.2, -0.15) is 0 Å². The quantitative estimate of drug-likeness (QED) is 0.743. The van der Waals surface area contributed by atoms with Gasteiger partial charge in [-0.05, 0) is 25.0 Å². The molecule has 0 saturated heterocycles. The molecule has 1 aromatic heterocycles. The van der Waals surface area contributed by atoms with E-state index in [4.69, 9.17) is 4.42 Å². The van der Waals surface area contributed by atoms with Crippen LogP contribution in [0.1, 0.15) is 55.8 Å². The average Bonchev–Trinajstić information content (AvgIpc) is 2.98. The predicted octanol–water partition coefficient (Wildman–Crippen LogP) is 4.21. The van der Waals surface area contributed by atoms with Gasteiger partial charge in [0.05, 0.1) is 0 Å². The van der Waals surface area contributed by atoms with Crippen molar-refractivity contribution in [1.82, 2.24) is 10.3 Å². The van der Waals surface area contributed by atoms with Crippen LogP contribution in [0, 0.1) is 0 Å². The van der Waals surface area contributed by atoms with Crippen LogP contribution in [0.25, 0.3) is 11.5 Å². The summed E-state index contributed by atoms with van der Waals surface area (Å²) in [5.74, 6) is 1.08. The number of oxazole rings is 1. The standard InChI is InChI=1S/C18H24N2O2/c1-3-5-12-15-16(17(21)19-13-6-4-2)20-18(22-15)14-10-8-7-9-11-14/h7-11H,3-6,12-13H2,1-2H3,(H,19,21). The van der Waals surface area contributed by atoms with Crippen LogP contribution in [0.4, 0.5) is 0 Å². The highest BCUT2D eigenvalue weighted by Crippen LogP contribution is 2.23. The highest BCUT2D eigenvalue weighted by atomic mass is 16.4. The Morgan fingerprint density at radius 3 is 2.55 bits per heavy atom. The van der Waals surface area contributed by atoms with Crippen LogP contribution in [-0.2, 0) is 6.42 Å². The van der Waals surface area contributed by atoms with E-state index in [9.17, 15) is 4.79 Å². The normalized spacial score (nSPS) is 10.6. The van der Waals surface area contributed by atoms with Crippen LogP contribution in [0.3, 0.4) is 0 Å². The maximum atomic E-state index is 12.3. The zero-order valence-corrected chi connectivity index (χ0v) is 13.4. The summed E-state index contributed by atoms with van der Waals surface area (Å²) in [5, 5.41) is 2.92. The fraction of sp³-hybridized carbons (Fsp3) is 0.444. The van der Waals surface area contributed by atoms with Crippen molar-refractivity contribution in [2.24, 2.45) is 0 Å². The molecular weight excluding hydrogens is 276 g/mol. The number of aromatic nitrogens is 1. The van der Waals surface area contributed by atoms with Crippen molar-refractivity contribution < 1.29 is 9.21 Å². The van der Waals surface area contributed by atoms with Gasteiger partial charge in [0.15, 0.2) is 5.69 Å². The van der Waals surface area contributed by atoms with Gasteiger partial charge in [0.1, 0.15) is 5.76 Å². The number of unbranched alkanes of at least 4 members (excludes halogenated alkanes) is 2. The Hall–Kier alpha value is -2.10. The summed E-state index contributed by atoms with van der Waals surface area (Å²) in [6.45, 7) is 4.90. The first-order valence-electron chi connectivity index (χ1n) is 8.09. The average molecular weight is 300 g/mol. The Morgan fingerprint density at radius 1 is 1.14 bits per heavy atom. The molecule has 1 heterocycles. The van der Waals surface area contributed by atoms with Gasteiger partial charge in [-0.25, -0.2) is 4.98 Å². The number of benzene rings is 1. The molecule has 118 valence electrons. The highest BCUT2D eigenvalue weighted by Gasteiger charge is 2.20. The van der Waals surface area contributed by atoms with E-state index in [1.807, 2.05) is 30.3 Å². The third-order valence-corrected chi connectivity index (χ3v) is 3.51. The lowest BCUT2D eigenvalue weighted by Crippen LogP contribution is -2.25. The highest BCUT2D eigenvalue weighted by molar-refractivity contribution is 5.93. The molecule has 4 heteroatoms. The van der Waals surface area contributed by atoms with Gasteiger partial charge in [0, 0.05) is 18.5 Å². The number of nitrogens with one attached hydrogen (secondary N) is 1. The maximum absolute atomic E-state index is 12.3. The fourth-order valence-corrected chi connectivity index (χ4v) is 2.20. The van der Waals surface area contributed by atoms with Crippen molar-refractivity contribution >= 4 is 5.91 Å². The number of carbonyl (C=O) groups excluding carboxylic acids is 1. The number of hydrogen-bond donors (Lipinski definition) is 1. The Morgan fingerprint density at radius 2 is 1.86 bits per heavy atom. The molecule has 1 amide bonds. The number of hydrogen-bond acceptors (Lipinski definition) is 3. The maximum Gasteiger partial charge on any atom is 0.273 e. The lowest BCUT2D eigenvalue weighted by atomic mass is 10.2. The number of carbonyl (C=O) groups is 1. The third-order valence-electron chi connectivity index (χ3n) is 3.51. The molecule has 0 unspecified atom stereocenters. The first-order valence-corrected chi connectivity index (χ1v) is 8.09. The van der Waals surface area contributed by atoms with Gasteiger partial charge >= 0.3 is 0 Å². The van der Waals surface area contributed by atoms with Gasteiger partial charge in [-0.15, -0.1) is 0 Å². The molecular formula is C18H24N2O2. The molecule has 0 spiro atoms. The van der Waals surface area contributed by atoms with Crippen LogP contribution in [-0.4, -0.2) is 17.4 Å². The lowest BCUT2D eigenvalue weighted by molar-refractivity contribution is 0.0946. The number of rotatable bonds is 8. The van der Waals surface area contributed by atoms with Crippen molar-refractivity contribution in [1.29, 1.82) is 0 Å². The number of amides is 1. The first kappa shape index (κ1) is 16.3.